The van der Waals surface area contributed by atoms with Gasteiger partial charge in [0.15, 0.2) is 11.6 Å². The highest BCUT2D eigenvalue weighted by molar-refractivity contribution is 6.06. The van der Waals surface area contributed by atoms with Crippen molar-refractivity contribution in [2.45, 2.75) is 31.1 Å². The number of benzene rings is 1. The Morgan fingerprint density at radius 1 is 1.10 bits per heavy atom. The van der Waals surface area contributed by atoms with E-state index in [4.69, 9.17) is 9.47 Å². The Balaban J connectivity index is 1.39. The fourth-order valence-electron chi connectivity index (χ4n) is 4.35. The second-order valence-corrected chi connectivity index (χ2v) is 7.75. The Bertz CT molecular complexity index is 959. The summed E-state index contributed by atoms with van der Waals surface area (Å²) in [7, 11) is 0. The van der Waals surface area contributed by atoms with Crippen molar-refractivity contribution >= 4 is 28.5 Å². The number of piperidine rings is 1. The molecule has 8 nitrogen and oxygen atoms in total. The van der Waals surface area contributed by atoms with Gasteiger partial charge >= 0.3 is 6.03 Å². The van der Waals surface area contributed by atoms with Crippen LogP contribution >= 0.6 is 0 Å². The SMILES string of the molecule is O=C1CCN(c2ccc3c(ccn3C3COC4(CCNCC4)OC3)c2F)C(=O)N1. The van der Waals surface area contributed by atoms with Gasteiger partial charge in [-0.1, -0.05) is 0 Å². The Morgan fingerprint density at radius 3 is 2.59 bits per heavy atom. The minimum absolute atomic E-state index is 0.0471. The number of nitrogens with zero attached hydrogens (tertiary/aromatic N) is 2. The second kappa shape index (κ2) is 7.08. The standard InChI is InChI=1S/C20H23FN4O4/c21-18-14-3-9-24(13-11-28-20(29-12-13)5-7-22-8-6-20)15(14)1-2-16(18)25-10-4-17(26)23-19(25)27/h1-3,9,13,22H,4-8,10-12H2,(H,23,26,27). The molecule has 1 spiro atoms. The molecule has 9 heteroatoms. The number of urea groups is 1. The summed E-state index contributed by atoms with van der Waals surface area (Å²) in [5, 5.41) is 5.96. The summed E-state index contributed by atoms with van der Waals surface area (Å²) in [5.41, 5.74) is 0.892. The number of amides is 3. The Labute approximate surface area is 166 Å². The average molecular weight is 402 g/mol. The van der Waals surface area contributed by atoms with E-state index < -0.39 is 17.6 Å². The molecule has 154 valence electrons. The number of halogens is 1. The van der Waals surface area contributed by atoms with Gasteiger partial charge in [-0.3, -0.25) is 15.0 Å². The van der Waals surface area contributed by atoms with E-state index in [0.29, 0.717) is 18.6 Å². The van der Waals surface area contributed by atoms with Crippen molar-refractivity contribution in [3.63, 3.8) is 0 Å². The van der Waals surface area contributed by atoms with Crippen LogP contribution in [0.3, 0.4) is 0 Å². The van der Waals surface area contributed by atoms with Crippen molar-refractivity contribution in [1.82, 2.24) is 15.2 Å². The third kappa shape index (κ3) is 3.19. The van der Waals surface area contributed by atoms with Gasteiger partial charge in [0.1, 0.15) is 0 Å². The molecule has 3 saturated heterocycles. The molecular formula is C20H23FN4O4. The Kier molecular flexibility index (Phi) is 4.53. The van der Waals surface area contributed by atoms with Crippen LogP contribution in [0.4, 0.5) is 14.9 Å². The molecule has 5 rings (SSSR count). The molecule has 0 radical (unpaired) electrons. The molecule has 4 heterocycles. The highest BCUT2D eigenvalue weighted by Crippen LogP contribution is 2.35. The number of hydrogen-bond donors (Lipinski definition) is 2. The van der Waals surface area contributed by atoms with Crippen LogP contribution in [0.25, 0.3) is 10.9 Å². The number of carbonyl (C=O) groups excluding carboxylic acids is 2. The number of carbonyl (C=O) groups is 2. The van der Waals surface area contributed by atoms with Crippen LogP contribution in [-0.2, 0) is 14.3 Å². The molecule has 0 bridgehead atoms. The van der Waals surface area contributed by atoms with Crippen LogP contribution in [0.1, 0.15) is 25.3 Å². The summed E-state index contributed by atoms with van der Waals surface area (Å²) in [5.74, 6) is -1.32. The zero-order chi connectivity index (χ0) is 20.0. The molecule has 1 aromatic heterocycles. The Hall–Kier alpha value is -2.49. The zero-order valence-corrected chi connectivity index (χ0v) is 15.9. The highest BCUT2D eigenvalue weighted by atomic mass is 19.1. The number of hydrogen-bond acceptors (Lipinski definition) is 5. The molecule has 0 atom stereocenters. The van der Waals surface area contributed by atoms with Gasteiger partial charge in [0.25, 0.3) is 0 Å². The summed E-state index contributed by atoms with van der Waals surface area (Å²) < 4.78 is 29.4. The van der Waals surface area contributed by atoms with Gasteiger partial charge in [0, 0.05) is 50.5 Å². The van der Waals surface area contributed by atoms with Gasteiger partial charge in [-0.25, -0.2) is 9.18 Å². The number of rotatable bonds is 2. The lowest BCUT2D eigenvalue weighted by Gasteiger charge is -2.43. The number of anilines is 1. The number of aromatic nitrogens is 1. The number of ether oxygens (including phenoxy) is 2. The number of nitrogens with one attached hydrogen (secondary N) is 2. The summed E-state index contributed by atoms with van der Waals surface area (Å²) in [6.45, 7) is 2.92. The first-order valence-electron chi connectivity index (χ1n) is 9.95. The van der Waals surface area contributed by atoms with E-state index >= 15 is 4.39 Å². The zero-order valence-electron chi connectivity index (χ0n) is 15.9. The van der Waals surface area contributed by atoms with Crippen LogP contribution in [0.2, 0.25) is 0 Å². The fourth-order valence-corrected chi connectivity index (χ4v) is 4.35. The minimum Gasteiger partial charge on any atom is -0.348 e. The average Bonchev–Trinajstić information content (AvgIpc) is 3.15. The van der Waals surface area contributed by atoms with Crippen molar-refractivity contribution in [3.05, 3.63) is 30.2 Å². The van der Waals surface area contributed by atoms with Gasteiger partial charge < -0.3 is 19.4 Å². The smallest absolute Gasteiger partial charge is 0.328 e. The van der Waals surface area contributed by atoms with E-state index in [-0.39, 0.29) is 30.6 Å². The minimum atomic E-state index is -0.597. The van der Waals surface area contributed by atoms with Gasteiger partial charge in [0.05, 0.1) is 30.5 Å². The predicted octanol–water partition coefficient (Wildman–Crippen LogP) is 1.89. The van der Waals surface area contributed by atoms with Crippen LogP contribution in [0, 0.1) is 5.82 Å². The molecule has 3 aliphatic heterocycles. The van der Waals surface area contributed by atoms with Crippen molar-refractivity contribution in [2.75, 3.05) is 37.7 Å². The van der Waals surface area contributed by atoms with E-state index in [0.717, 1.165) is 31.4 Å². The summed E-state index contributed by atoms with van der Waals surface area (Å²) in [4.78, 5) is 24.7. The van der Waals surface area contributed by atoms with Crippen molar-refractivity contribution in [2.24, 2.45) is 0 Å². The van der Waals surface area contributed by atoms with E-state index in [1.165, 1.54) is 4.90 Å². The predicted molar refractivity (Wildman–Crippen MR) is 103 cm³/mol. The second-order valence-electron chi connectivity index (χ2n) is 7.75. The number of fused-ring (bicyclic) bond motifs is 1. The van der Waals surface area contributed by atoms with Crippen molar-refractivity contribution < 1.29 is 23.5 Å². The molecule has 0 unspecified atom stereocenters. The maximum absolute atomic E-state index is 15.2. The summed E-state index contributed by atoms with van der Waals surface area (Å²) in [6, 6.07) is 4.44. The largest absolute Gasteiger partial charge is 0.348 e. The molecule has 0 aliphatic carbocycles. The quantitative estimate of drug-likeness (QED) is 0.802. The molecule has 3 amide bonds. The molecule has 2 aromatic rings. The monoisotopic (exact) mass is 402 g/mol. The summed E-state index contributed by atoms with van der Waals surface area (Å²) in [6.07, 6.45) is 3.63. The van der Waals surface area contributed by atoms with Crippen molar-refractivity contribution in [1.29, 1.82) is 0 Å². The third-order valence-corrected chi connectivity index (χ3v) is 6.00. The number of imide groups is 1. The van der Waals surface area contributed by atoms with Crippen LogP contribution in [0.15, 0.2) is 24.4 Å². The molecule has 3 aliphatic rings. The van der Waals surface area contributed by atoms with E-state index in [2.05, 4.69) is 10.6 Å². The lowest BCUT2D eigenvalue weighted by Crippen LogP contribution is -2.50. The van der Waals surface area contributed by atoms with Gasteiger partial charge in [-0.2, -0.15) is 0 Å². The molecular weight excluding hydrogens is 379 g/mol. The maximum atomic E-state index is 15.2. The molecule has 0 saturated carbocycles. The topological polar surface area (TPSA) is 84.8 Å². The van der Waals surface area contributed by atoms with Crippen LogP contribution < -0.4 is 15.5 Å². The molecule has 1 aromatic carbocycles. The van der Waals surface area contributed by atoms with E-state index in [9.17, 15) is 9.59 Å². The van der Waals surface area contributed by atoms with E-state index in [1.807, 2.05) is 10.8 Å². The maximum Gasteiger partial charge on any atom is 0.328 e. The molecule has 3 fully saturated rings. The fraction of sp³-hybridized carbons (Fsp3) is 0.500. The Morgan fingerprint density at radius 2 is 1.86 bits per heavy atom. The summed E-state index contributed by atoms with van der Waals surface area (Å²) >= 11 is 0. The van der Waals surface area contributed by atoms with Crippen LogP contribution in [-0.4, -0.2) is 55.1 Å². The van der Waals surface area contributed by atoms with Gasteiger partial charge in [-0.15, -0.1) is 0 Å². The lowest BCUT2D eigenvalue weighted by atomic mass is 10.0. The van der Waals surface area contributed by atoms with E-state index in [1.54, 1.807) is 18.2 Å². The first-order valence-corrected chi connectivity index (χ1v) is 9.95. The first kappa shape index (κ1) is 18.5. The van der Waals surface area contributed by atoms with Crippen LogP contribution in [0.5, 0.6) is 0 Å². The molecule has 29 heavy (non-hydrogen) atoms. The molecule has 2 N–H and O–H groups in total. The normalized spacial score (nSPS) is 23.0. The van der Waals surface area contributed by atoms with Crippen molar-refractivity contribution in [3.8, 4) is 0 Å². The lowest BCUT2D eigenvalue weighted by molar-refractivity contribution is -0.288. The van der Waals surface area contributed by atoms with Gasteiger partial charge in [-0.05, 0) is 18.2 Å². The highest BCUT2D eigenvalue weighted by Gasteiger charge is 2.39. The first-order chi connectivity index (χ1) is 14.1. The third-order valence-electron chi connectivity index (χ3n) is 6.00. The van der Waals surface area contributed by atoms with Gasteiger partial charge in [0.2, 0.25) is 5.91 Å².